The van der Waals surface area contributed by atoms with Crippen LogP contribution in [0.1, 0.15) is 18.1 Å². The second-order valence-electron chi connectivity index (χ2n) is 5.10. The summed E-state index contributed by atoms with van der Waals surface area (Å²) in [7, 11) is 0. The largest absolute Gasteiger partial charge is 0.394 e. The van der Waals surface area contributed by atoms with Gasteiger partial charge in [0.1, 0.15) is 0 Å². The number of aliphatic hydroxyl groups excluding tert-OH is 2. The molecule has 0 fully saturated rings. The van der Waals surface area contributed by atoms with Crippen LogP contribution in [0.15, 0.2) is 70.6 Å². The molecule has 0 aliphatic rings. The topological polar surface area (TPSA) is 99.3 Å². The molecule has 0 saturated heterocycles. The fourth-order valence-electron chi connectivity index (χ4n) is 1.73. The van der Waals surface area contributed by atoms with E-state index < -0.39 is 0 Å². The third kappa shape index (κ3) is 13.5. The Bertz CT molecular complexity index is 625. The molecule has 0 radical (unpaired) electrons. The number of benzene rings is 2. The molecule has 2 rings (SSSR count). The minimum Gasteiger partial charge on any atom is -0.394 e. The van der Waals surface area contributed by atoms with Gasteiger partial charge in [-0.25, -0.2) is 19.6 Å². The lowest BCUT2D eigenvalue weighted by Crippen LogP contribution is -2.00. The van der Waals surface area contributed by atoms with E-state index in [0.29, 0.717) is 0 Å². The third-order valence-corrected chi connectivity index (χ3v) is 2.89. The minimum absolute atomic E-state index is 0.125. The molecule has 1 atom stereocenters. The Kier molecular flexibility index (Phi) is 15.1. The van der Waals surface area contributed by atoms with Gasteiger partial charge in [-0.1, -0.05) is 60.7 Å². The molecule has 138 valence electrons. The molecule has 0 aliphatic heterocycles. The summed E-state index contributed by atoms with van der Waals surface area (Å²) < 4.78 is 0. The highest BCUT2D eigenvalue weighted by molar-refractivity contribution is 5.35. The molecular weight excluding hydrogens is 332 g/mol. The Labute approximate surface area is 153 Å². The van der Waals surface area contributed by atoms with Crippen LogP contribution in [-0.4, -0.2) is 48.2 Å². The highest BCUT2D eigenvalue weighted by Crippen LogP contribution is 2.07. The van der Waals surface area contributed by atoms with E-state index in [0.717, 1.165) is 6.42 Å². The first-order valence-corrected chi connectivity index (χ1v) is 8.08. The van der Waals surface area contributed by atoms with Gasteiger partial charge >= 0.3 is 0 Å². The van der Waals surface area contributed by atoms with Gasteiger partial charge in [0.05, 0.1) is 25.8 Å². The van der Waals surface area contributed by atoms with Crippen molar-refractivity contribution in [3.05, 3.63) is 71.8 Å². The van der Waals surface area contributed by atoms with Crippen LogP contribution in [0.4, 0.5) is 0 Å². The van der Waals surface area contributed by atoms with E-state index in [1.165, 1.54) is 23.3 Å². The van der Waals surface area contributed by atoms with Gasteiger partial charge in [-0.3, -0.25) is 0 Å². The predicted molar refractivity (Wildman–Crippen MR) is 100 cm³/mol. The molecule has 2 aromatic carbocycles. The summed E-state index contributed by atoms with van der Waals surface area (Å²) in [5.74, 6) is 0. The number of carbonyl (C=O) groups excluding carboxylic acids is 2. The van der Waals surface area contributed by atoms with Crippen molar-refractivity contribution in [2.45, 2.75) is 19.4 Å². The van der Waals surface area contributed by atoms with Gasteiger partial charge in [0.25, 0.3) is 0 Å². The number of hydrogen-bond acceptors (Lipinski definition) is 6. The molecule has 0 saturated carbocycles. The predicted octanol–water partition coefficient (Wildman–Crippen LogP) is 2.29. The summed E-state index contributed by atoms with van der Waals surface area (Å²) in [6.45, 7) is 1.62. The molecule has 0 heterocycles. The van der Waals surface area contributed by atoms with E-state index in [1.807, 2.05) is 0 Å². The average Bonchev–Trinajstić information content (AvgIpc) is 2.69. The first-order valence-electron chi connectivity index (χ1n) is 8.08. The quantitative estimate of drug-likeness (QED) is 0.613. The summed E-state index contributed by atoms with van der Waals surface area (Å²) in [6.07, 6.45) is 3.73. The van der Waals surface area contributed by atoms with E-state index in [-0.39, 0.29) is 25.8 Å². The van der Waals surface area contributed by atoms with Crippen molar-refractivity contribution in [1.29, 1.82) is 0 Å². The summed E-state index contributed by atoms with van der Waals surface area (Å²) in [6, 6.07) is 20.8. The second kappa shape index (κ2) is 17.0. The number of aliphatic hydroxyl groups is 2. The number of hydrogen-bond donors (Lipinski definition) is 2. The van der Waals surface area contributed by atoms with Gasteiger partial charge in [0, 0.05) is 0 Å². The lowest BCUT2D eigenvalue weighted by atomic mass is 10.1. The van der Waals surface area contributed by atoms with Gasteiger partial charge in [-0.2, -0.15) is 0 Å². The van der Waals surface area contributed by atoms with Gasteiger partial charge < -0.3 is 10.2 Å². The van der Waals surface area contributed by atoms with Crippen LogP contribution in [0.2, 0.25) is 0 Å². The highest BCUT2D eigenvalue weighted by Gasteiger charge is 1.93. The zero-order chi connectivity index (χ0) is 19.5. The van der Waals surface area contributed by atoms with Gasteiger partial charge in [-0.05, 0) is 24.5 Å². The molecule has 0 bridgehead atoms. The Morgan fingerprint density at radius 3 is 1.65 bits per heavy atom. The van der Waals surface area contributed by atoms with Crippen molar-refractivity contribution in [3.63, 3.8) is 0 Å². The molecule has 2 N–H and O–H groups in total. The molecule has 6 heteroatoms. The number of isocyanates is 2. The van der Waals surface area contributed by atoms with Gasteiger partial charge in [0.15, 0.2) is 0 Å². The monoisotopic (exact) mass is 356 g/mol. The Morgan fingerprint density at radius 2 is 1.31 bits per heavy atom. The van der Waals surface area contributed by atoms with Crippen molar-refractivity contribution in [2.75, 3.05) is 19.8 Å². The Balaban J connectivity index is 0.000000421. The fourth-order valence-corrected chi connectivity index (χ4v) is 1.73. The molecule has 0 aromatic heterocycles. The lowest BCUT2D eigenvalue weighted by molar-refractivity contribution is 0.186. The van der Waals surface area contributed by atoms with Crippen molar-refractivity contribution >= 4 is 12.2 Å². The number of aliphatic imine (C=N–C) groups is 2. The van der Waals surface area contributed by atoms with E-state index in [4.69, 9.17) is 10.2 Å². The maximum atomic E-state index is 9.55. The summed E-state index contributed by atoms with van der Waals surface area (Å²) in [4.78, 5) is 25.5. The third-order valence-electron chi connectivity index (χ3n) is 2.89. The zero-order valence-corrected chi connectivity index (χ0v) is 14.8. The van der Waals surface area contributed by atoms with Crippen LogP contribution in [0.3, 0.4) is 0 Å². The van der Waals surface area contributed by atoms with Crippen LogP contribution >= 0.6 is 0 Å². The molecular formula is C20H24N2O4. The van der Waals surface area contributed by atoms with Crippen LogP contribution in [-0.2, 0) is 16.0 Å². The van der Waals surface area contributed by atoms with E-state index >= 15 is 0 Å². The van der Waals surface area contributed by atoms with Crippen molar-refractivity contribution in [3.8, 4) is 0 Å². The van der Waals surface area contributed by atoms with E-state index in [2.05, 4.69) is 70.6 Å². The molecule has 26 heavy (non-hydrogen) atoms. The SMILES string of the molecule is CC(CN=C=O)N=C=O.OCCO.c1ccc(Cc2ccccc2)cc1. The van der Waals surface area contributed by atoms with Crippen molar-refractivity contribution < 1.29 is 19.8 Å². The Morgan fingerprint density at radius 1 is 0.846 bits per heavy atom. The smallest absolute Gasteiger partial charge is 0.235 e. The zero-order valence-electron chi connectivity index (χ0n) is 14.8. The lowest BCUT2D eigenvalue weighted by Gasteiger charge is -2.00. The molecule has 6 nitrogen and oxygen atoms in total. The summed E-state index contributed by atoms with van der Waals surface area (Å²) in [5, 5.41) is 15.2. The molecule has 0 aliphatic carbocycles. The van der Waals surface area contributed by atoms with Gasteiger partial charge in [0.2, 0.25) is 12.2 Å². The molecule has 2 aromatic rings. The maximum absolute atomic E-state index is 9.55. The van der Waals surface area contributed by atoms with Gasteiger partial charge in [-0.15, -0.1) is 0 Å². The fraction of sp³-hybridized carbons (Fsp3) is 0.300. The molecule has 0 spiro atoms. The first kappa shape index (κ1) is 23.1. The average molecular weight is 356 g/mol. The van der Waals surface area contributed by atoms with Crippen LogP contribution in [0.5, 0.6) is 0 Å². The maximum Gasteiger partial charge on any atom is 0.235 e. The van der Waals surface area contributed by atoms with Crippen LogP contribution in [0, 0.1) is 0 Å². The molecule has 0 amide bonds. The van der Waals surface area contributed by atoms with Crippen LogP contribution < -0.4 is 0 Å². The van der Waals surface area contributed by atoms with Crippen molar-refractivity contribution in [1.82, 2.24) is 0 Å². The highest BCUT2D eigenvalue weighted by atomic mass is 16.3. The standard InChI is InChI=1S/C13H12.C5H6N2O2.C2H6O2/c1-3-7-12(8-4-1)11-13-9-5-2-6-10-13;1-5(7-4-9)2-6-3-8;3-1-2-4/h1-10H,11H2;5H,2H2,1H3;3-4H,1-2H2. The van der Waals surface area contributed by atoms with Crippen LogP contribution in [0.25, 0.3) is 0 Å². The number of nitrogens with zero attached hydrogens (tertiary/aromatic N) is 2. The summed E-state index contributed by atoms with van der Waals surface area (Å²) in [5.41, 5.74) is 2.74. The normalized spacial score (nSPS) is 9.81. The number of rotatable bonds is 6. The first-order chi connectivity index (χ1) is 12.7. The van der Waals surface area contributed by atoms with E-state index in [9.17, 15) is 9.59 Å². The Hall–Kier alpha value is -2.88. The van der Waals surface area contributed by atoms with Crippen molar-refractivity contribution in [2.24, 2.45) is 9.98 Å². The molecule has 1 unspecified atom stereocenters. The summed E-state index contributed by atoms with van der Waals surface area (Å²) >= 11 is 0. The van der Waals surface area contributed by atoms with E-state index in [1.54, 1.807) is 6.92 Å². The minimum atomic E-state index is -0.260. The second-order valence-corrected chi connectivity index (χ2v) is 5.10.